The zero-order valence-corrected chi connectivity index (χ0v) is 12.8. The molecule has 2 aliphatic rings. The van der Waals surface area contributed by atoms with E-state index >= 15 is 0 Å². The van der Waals surface area contributed by atoms with E-state index in [1.54, 1.807) is 6.33 Å². The highest BCUT2D eigenvalue weighted by atomic mass is 15.2. The molecular weight excluding hydrogens is 248 g/mol. The fraction of sp³-hybridized carbons (Fsp3) is 0.750. The van der Waals surface area contributed by atoms with Crippen LogP contribution in [0.25, 0.3) is 0 Å². The molecule has 1 aromatic rings. The highest BCUT2D eigenvalue weighted by Gasteiger charge is 2.36. The summed E-state index contributed by atoms with van der Waals surface area (Å²) in [6, 6.07) is 0. The van der Waals surface area contributed by atoms with Gasteiger partial charge in [-0.3, -0.25) is 0 Å². The number of hydrogen-bond donors (Lipinski definition) is 1. The van der Waals surface area contributed by atoms with Crippen molar-refractivity contribution in [2.24, 2.45) is 0 Å². The number of likely N-dealkylation sites (N-methyl/N-ethyl adjacent to an activating group) is 1. The molecular formula is C16H26N4. The zero-order chi connectivity index (χ0) is 14.0. The van der Waals surface area contributed by atoms with Crippen molar-refractivity contribution < 1.29 is 0 Å². The predicted octanol–water partition coefficient (Wildman–Crippen LogP) is 2.64. The van der Waals surface area contributed by atoms with Crippen molar-refractivity contribution in [3.05, 3.63) is 17.6 Å². The molecule has 1 aromatic heterocycles. The normalized spacial score (nSPS) is 20.9. The van der Waals surface area contributed by atoms with Crippen molar-refractivity contribution in [1.82, 2.24) is 14.9 Å². The van der Waals surface area contributed by atoms with E-state index in [1.807, 2.05) is 0 Å². The van der Waals surface area contributed by atoms with Crippen LogP contribution in [0.5, 0.6) is 0 Å². The van der Waals surface area contributed by atoms with Gasteiger partial charge in [-0.1, -0.05) is 12.8 Å². The molecule has 1 fully saturated rings. The molecule has 1 heterocycles. The highest BCUT2D eigenvalue weighted by molar-refractivity contribution is 5.47. The molecule has 110 valence electrons. The van der Waals surface area contributed by atoms with Gasteiger partial charge in [0.2, 0.25) is 0 Å². The number of nitrogens with zero attached hydrogens (tertiary/aromatic N) is 3. The van der Waals surface area contributed by atoms with Gasteiger partial charge in [-0.15, -0.1) is 0 Å². The van der Waals surface area contributed by atoms with Gasteiger partial charge in [-0.25, -0.2) is 9.97 Å². The number of fused-ring (bicyclic) bond motifs is 1. The fourth-order valence-electron chi connectivity index (χ4n) is 3.74. The molecule has 4 nitrogen and oxygen atoms in total. The van der Waals surface area contributed by atoms with Gasteiger partial charge in [0.05, 0.1) is 0 Å². The highest BCUT2D eigenvalue weighted by Crippen LogP contribution is 2.34. The van der Waals surface area contributed by atoms with Crippen molar-refractivity contribution >= 4 is 5.82 Å². The second-order valence-electron chi connectivity index (χ2n) is 6.53. The van der Waals surface area contributed by atoms with E-state index in [2.05, 4.69) is 34.3 Å². The van der Waals surface area contributed by atoms with Crippen LogP contribution >= 0.6 is 0 Å². The summed E-state index contributed by atoms with van der Waals surface area (Å²) in [7, 11) is 4.42. The summed E-state index contributed by atoms with van der Waals surface area (Å²) in [5, 5.41) is 3.64. The molecule has 0 saturated heterocycles. The summed E-state index contributed by atoms with van der Waals surface area (Å²) in [5.74, 6) is 1.09. The largest absolute Gasteiger partial charge is 0.368 e. The molecule has 0 bridgehead atoms. The van der Waals surface area contributed by atoms with Crippen molar-refractivity contribution in [3.63, 3.8) is 0 Å². The van der Waals surface area contributed by atoms with Crippen LogP contribution in [0.15, 0.2) is 6.33 Å². The Labute approximate surface area is 122 Å². The molecule has 3 rings (SSSR count). The maximum Gasteiger partial charge on any atom is 0.132 e. The minimum Gasteiger partial charge on any atom is -0.368 e. The molecule has 4 heteroatoms. The summed E-state index contributed by atoms with van der Waals surface area (Å²) >= 11 is 0. The van der Waals surface area contributed by atoms with E-state index in [9.17, 15) is 0 Å². The Morgan fingerprint density at radius 1 is 1.10 bits per heavy atom. The second kappa shape index (κ2) is 5.68. The average molecular weight is 274 g/mol. The van der Waals surface area contributed by atoms with Gasteiger partial charge in [0.1, 0.15) is 12.1 Å². The average Bonchev–Trinajstić information content (AvgIpc) is 2.95. The van der Waals surface area contributed by atoms with Gasteiger partial charge in [0.15, 0.2) is 0 Å². The summed E-state index contributed by atoms with van der Waals surface area (Å²) in [6.07, 6.45) is 11.8. The number of aromatic nitrogens is 2. The van der Waals surface area contributed by atoms with Crippen molar-refractivity contribution in [3.8, 4) is 0 Å². The quantitative estimate of drug-likeness (QED) is 0.916. The van der Waals surface area contributed by atoms with E-state index in [4.69, 9.17) is 0 Å². The monoisotopic (exact) mass is 274 g/mol. The van der Waals surface area contributed by atoms with Crippen LogP contribution in [0.3, 0.4) is 0 Å². The summed E-state index contributed by atoms with van der Waals surface area (Å²) in [4.78, 5) is 11.4. The van der Waals surface area contributed by atoms with Crippen LogP contribution in [0, 0.1) is 0 Å². The minimum atomic E-state index is 0.312. The third-order valence-electron chi connectivity index (χ3n) is 5.19. The molecule has 2 aliphatic carbocycles. The second-order valence-corrected chi connectivity index (χ2v) is 6.53. The summed E-state index contributed by atoms with van der Waals surface area (Å²) in [5.41, 5.74) is 2.94. The first-order valence-electron chi connectivity index (χ1n) is 7.95. The standard InChI is InChI=1S/C16H26N4/c1-20(2)16(9-5-6-10-16)11-17-15-13-7-3-4-8-14(13)18-12-19-15/h12H,3-11H2,1-2H3,(H,17,18,19). The lowest BCUT2D eigenvalue weighted by atomic mass is 9.94. The van der Waals surface area contributed by atoms with Gasteiger partial charge < -0.3 is 10.2 Å². The van der Waals surface area contributed by atoms with Gasteiger partial charge in [0, 0.05) is 23.3 Å². The Balaban J connectivity index is 1.75. The molecule has 0 aliphatic heterocycles. The van der Waals surface area contributed by atoms with Crippen LogP contribution in [-0.2, 0) is 12.8 Å². The van der Waals surface area contributed by atoms with E-state index < -0.39 is 0 Å². The Kier molecular flexibility index (Phi) is 3.92. The maximum atomic E-state index is 4.50. The molecule has 0 atom stereocenters. The van der Waals surface area contributed by atoms with Crippen LogP contribution in [0.2, 0.25) is 0 Å². The molecule has 1 saturated carbocycles. The Morgan fingerprint density at radius 3 is 2.60 bits per heavy atom. The van der Waals surface area contributed by atoms with Crippen molar-refractivity contribution in [2.45, 2.75) is 56.9 Å². The van der Waals surface area contributed by atoms with Gasteiger partial charge in [-0.05, 0) is 52.6 Å². The molecule has 0 spiro atoms. The lowest BCUT2D eigenvalue weighted by molar-refractivity contribution is 0.172. The first-order chi connectivity index (χ1) is 9.71. The topological polar surface area (TPSA) is 41.0 Å². The van der Waals surface area contributed by atoms with Crippen LogP contribution in [0.1, 0.15) is 49.8 Å². The van der Waals surface area contributed by atoms with E-state index in [0.717, 1.165) is 25.2 Å². The van der Waals surface area contributed by atoms with Crippen LogP contribution in [0.4, 0.5) is 5.82 Å². The van der Waals surface area contributed by atoms with E-state index in [1.165, 1.54) is 49.8 Å². The van der Waals surface area contributed by atoms with Gasteiger partial charge in [0.25, 0.3) is 0 Å². The summed E-state index contributed by atoms with van der Waals surface area (Å²) in [6.45, 7) is 1.00. The van der Waals surface area contributed by atoms with E-state index in [0.29, 0.717) is 5.54 Å². The van der Waals surface area contributed by atoms with Crippen molar-refractivity contribution in [1.29, 1.82) is 0 Å². The molecule has 1 N–H and O–H groups in total. The van der Waals surface area contributed by atoms with Gasteiger partial charge >= 0.3 is 0 Å². The fourth-order valence-corrected chi connectivity index (χ4v) is 3.74. The smallest absolute Gasteiger partial charge is 0.132 e. The molecule has 0 amide bonds. The molecule has 0 unspecified atom stereocenters. The molecule has 20 heavy (non-hydrogen) atoms. The zero-order valence-electron chi connectivity index (χ0n) is 12.8. The number of rotatable bonds is 4. The lowest BCUT2D eigenvalue weighted by Crippen LogP contribution is -2.47. The minimum absolute atomic E-state index is 0.312. The van der Waals surface area contributed by atoms with Crippen molar-refractivity contribution in [2.75, 3.05) is 26.0 Å². The molecule has 0 aromatic carbocycles. The lowest BCUT2D eigenvalue weighted by Gasteiger charge is -2.37. The third-order valence-corrected chi connectivity index (χ3v) is 5.19. The number of aryl methyl sites for hydroxylation is 1. The van der Waals surface area contributed by atoms with Crippen LogP contribution in [-0.4, -0.2) is 41.0 Å². The summed E-state index contributed by atoms with van der Waals surface area (Å²) < 4.78 is 0. The first-order valence-corrected chi connectivity index (χ1v) is 7.95. The van der Waals surface area contributed by atoms with Gasteiger partial charge in [-0.2, -0.15) is 0 Å². The first kappa shape index (κ1) is 13.8. The Morgan fingerprint density at radius 2 is 1.85 bits per heavy atom. The predicted molar refractivity (Wildman–Crippen MR) is 82.0 cm³/mol. The number of hydrogen-bond acceptors (Lipinski definition) is 4. The Bertz CT molecular complexity index is 464. The molecule has 0 radical (unpaired) electrons. The third kappa shape index (κ3) is 2.53. The SMILES string of the molecule is CN(C)C1(CNc2ncnc3c2CCCC3)CCCC1. The van der Waals surface area contributed by atoms with Crippen LogP contribution < -0.4 is 5.32 Å². The van der Waals surface area contributed by atoms with E-state index in [-0.39, 0.29) is 0 Å². The number of nitrogens with one attached hydrogen (secondary N) is 1. The maximum absolute atomic E-state index is 4.50. The Hall–Kier alpha value is -1.16. The number of anilines is 1.